The lowest BCUT2D eigenvalue weighted by Crippen LogP contribution is -2.11. The fraction of sp³-hybridized carbons (Fsp3) is 0.300. The van der Waals surface area contributed by atoms with E-state index in [4.69, 9.17) is 11.6 Å². The maximum Gasteiger partial charge on any atom is 0.417 e. The lowest BCUT2D eigenvalue weighted by atomic mass is 10.2. The van der Waals surface area contributed by atoms with Gasteiger partial charge in [0.15, 0.2) is 0 Å². The molecule has 0 heterocycles. The van der Waals surface area contributed by atoms with E-state index in [2.05, 4.69) is 11.3 Å². The van der Waals surface area contributed by atoms with Crippen LogP contribution >= 0.6 is 11.6 Å². The molecule has 0 N–H and O–H groups in total. The van der Waals surface area contributed by atoms with Gasteiger partial charge in [-0.25, -0.2) is 4.79 Å². The van der Waals surface area contributed by atoms with E-state index in [9.17, 15) is 18.0 Å². The average molecular weight is 255 g/mol. The van der Waals surface area contributed by atoms with Crippen LogP contribution in [0.25, 0.3) is 0 Å². The molecule has 0 aliphatic rings. The third kappa shape index (κ3) is 4.53. The van der Waals surface area contributed by atoms with Gasteiger partial charge in [-0.05, 0) is 13.0 Å². The Morgan fingerprint density at radius 3 is 2.19 bits per heavy atom. The van der Waals surface area contributed by atoms with E-state index < -0.39 is 22.8 Å². The Hall–Kier alpha value is -1.23. The molecule has 0 fully saturated rings. The summed E-state index contributed by atoms with van der Waals surface area (Å²) in [4.78, 5) is 10.9. The van der Waals surface area contributed by atoms with Gasteiger partial charge >= 0.3 is 12.1 Å². The minimum absolute atomic E-state index is 0.0298. The highest BCUT2D eigenvalue weighted by Crippen LogP contribution is 2.32. The first-order chi connectivity index (χ1) is 7.20. The molecule has 0 aromatic rings. The van der Waals surface area contributed by atoms with Crippen molar-refractivity contribution in [2.45, 2.75) is 13.1 Å². The van der Waals surface area contributed by atoms with Crippen molar-refractivity contribution in [3.05, 3.63) is 34.9 Å². The van der Waals surface area contributed by atoms with Gasteiger partial charge in [0.1, 0.15) is 0 Å². The number of esters is 1. The lowest BCUT2D eigenvalue weighted by molar-refractivity contribution is -0.136. The number of rotatable bonds is 3. The molecular weight excluding hydrogens is 245 g/mol. The minimum Gasteiger partial charge on any atom is -0.466 e. The topological polar surface area (TPSA) is 26.3 Å². The molecule has 0 saturated heterocycles. The zero-order valence-electron chi connectivity index (χ0n) is 8.69. The summed E-state index contributed by atoms with van der Waals surface area (Å²) in [5, 5.41) is -0.638. The quantitative estimate of drug-likeness (QED) is 0.439. The van der Waals surface area contributed by atoms with Gasteiger partial charge in [-0.15, -0.1) is 0 Å². The van der Waals surface area contributed by atoms with Gasteiger partial charge in [0, 0.05) is 10.6 Å². The molecule has 0 saturated carbocycles. The van der Waals surface area contributed by atoms with Crippen LogP contribution in [0.3, 0.4) is 0 Å². The number of methoxy groups -OCH3 is 1. The van der Waals surface area contributed by atoms with Gasteiger partial charge in [-0.3, -0.25) is 0 Å². The number of allylic oxidation sites excluding steroid dienone is 4. The molecule has 0 aromatic heterocycles. The average Bonchev–Trinajstić information content (AvgIpc) is 2.13. The molecule has 6 heteroatoms. The highest BCUT2D eigenvalue weighted by molar-refractivity contribution is 6.31. The summed E-state index contributed by atoms with van der Waals surface area (Å²) < 4.78 is 41.4. The van der Waals surface area contributed by atoms with Crippen LogP contribution in [0.15, 0.2) is 34.9 Å². The minimum atomic E-state index is -4.61. The Kier molecular flexibility index (Phi) is 5.30. The summed E-state index contributed by atoms with van der Waals surface area (Å²) in [5.74, 6) is -0.710. The summed E-state index contributed by atoms with van der Waals surface area (Å²) in [6, 6.07) is 0. The van der Waals surface area contributed by atoms with Crippen LogP contribution in [0.5, 0.6) is 0 Å². The predicted octanol–water partition coefficient (Wildman–Crippen LogP) is 3.35. The van der Waals surface area contributed by atoms with Crippen LogP contribution < -0.4 is 0 Å². The van der Waals surface area contributed by atoms with E-state index in [0.29, 0.717) is 6.08 Å². The van der Waals surface area contributed by atoms with Gasteiger partial charge in [0.25, 0.3) is 0 Å². The van der Waals surface area contributed by atoms with E-state index in [1.54, 1.807) is 0 Å². The zero-order chi connectivity index (χ0) is 12.9. The summed E-state index contributed by atoms with van der Waals surface area (Å²) in [5.41, 5.74) is -1.07. The lowest BCUT2D eigenvalue weighted by Gasteiger charge is -2.08. The van der Waals surface area contributed by atoms with E-state index in [-0.39, 0.29) is 5.57 Å². The number of carbonyl (C=O) groups excluding carboxylic acids is 1. The molecule has 0 aliphatic heterocycles. The van der Waals surface area contributed by atoms with Gasteiger partial charge in [0.2, 0.25) is 0 Å². The van der Waals surface area contributed by atoms with Gasteiger partial charge in [0.05, 0.1) is 12.7 Å². The first-order valence-corrected chi connectivity index (χ1v) is 4.46. The van der Waals surface area contributed by atoms with Gasteiger partial charge in [-0.2, -0.15) is 13.2 Å². The zero-order valence-corrected chi connectivity index (χ0v) is 9.45. The fourth-order valence-corrected chi connectivity index (χ4v) is 0.946. The van der Waals surface area contributed by atoms with Crippen LogP contribution in [-0.2, 0) is 9.53 Å². The van der Waals surface area contributed by atoms with Crippen molar-refractivity contribution >= 4 is 17.6 Å². The summed E-state index contributed by atoms with van der Waals surface area (Å²) in [6.45, 7) is 4.32. The Morgan fingerprint density at radius 2 is 1.88 bits per heavy atom. The number of hydrogen-bond acceptors (Lipinski definition) is 2. The molecule has 0 aromatic carbocycles. The predicted molar refractivity (Wildman–Crippen MR) is 54.9 cm³/mol. The third-order valence-corrected chi connectivity index (χ3v) is 1.81. The van der Waals surface area contributed by atoms with Crippen molar-refractivity contribution in [2.75, 3.05) is 7.11 Å². The first kappa shape index (κ1) is 14.8. The molecule has 0 atom stereocenters. The standard InChI is InChI=1S/C10H10ClF3O2/c1-6(9(15)16-3)4-5-8(7(2)11)10(12,13)14/h4-5H,2H2,1,3H3/b6-4+,8-5+. The van der Waals surface area contributed by atoms with Crippen molar-refractivity contribution in [2.24, 2.45) is 0 Å². The summed E-state index contributed by atoms with van der Waals surface area (Å²) >= 11 is 5.20. The molecule has 0 amide bonds. The Bertz CT molecular complexity index is 354. The Morgan fingerprint density at radius 1 is 1.38 bits per heavy atom. The molecule has 0 aliphatic carbocycles. The molecule has 16 heavy (non-hydrogen) atoms. The van der Waals surface area contributed by atoms with Gasteiger partial charge in [-0.1, -0.05) is 24.3 Å². The molecular formula is C10H10ClF3O2. The Labute approximate surface area is 96.0 Å². The second-order valence-electron chi connectivity index (χ2n) is 2.82. The third-order valence-electron chi connectivity index (χ3n) is 1.61. The highest BCUT2D eigenvalue weighted by atomic mass is 35.5. The number of ether oxygens (including phenoxy) is 1. The molecule has 90 valence electrons. The van der Waals surface area contributed by atoms with E-state index in [0.717, 1.165) is 13.2 Å². The summed E-state index contributed by atoms with van der Waals surface area (Å²) in [7, 11) is 1.13. The normalized spacial score (nSPS) is 13.6. The highest BCUT2D eigenvalue weighted by Gasteiger charge is 2.34. The second kappa shape index (κ2) is 5.75. The monoisotopic (exact) mass is 254 g/mol. The van der Waals surface area contributed by atoms with Crippen LogP contribution in [0.4, 0.5) is 13.2 Å². The van der Waals surface area contributed by atoms with Crippen molar-refractivity contribution in [3.8, 4) is 0 Å². The number of hydrogen-bond donors (Lipinski definition) is 0. The molecule has 0 rings (SSSR count). The first-order valence-electron chi connectivity index (χ1n) is 4.09. The maximum absolute atomic E-state index is 12.3. The molecule has 0 radical (unpaired) electrons. The number of alkyl halides is 3. The molecule has 0 spiro atoms. The SMILES string of the molecule is C=C(Cl)/C(=C\C=C(/C)C(=O)OC)C(F)(F)F. The van der Waals surface area contributed by atoms with E-state index in [1.807, 2.05) is 0 Å². The molecule has 2 nitrogen and oxygen atoms in total. The van der Waals surface area contributed by atoms with E-state index >= 15 is 0 Å². The van der Waals surface area contributed by atoms with Crippen LogP contribution in [0.1, 0.15) is 6.92 Å². The number of halogens is 4. The van der Waals surface area contributed by atoms with Crippen molar-refractivity contribution < 1.29 is 22.7 Å². The van der Waals surface area contributed by atoms with E-state index in [1.165, 1.54) is 6.92 Å². The van der Waals surface area contributed by atoms with Crippen LogP contribution in [-0.4, -0.2) is 19.3 Å². The maximum atomic E-state index is 12.3. The molecule has 0 unspecified atom stereocenters. The summed E-state index contributed by atoms with van der Waals surface area (Å²) in [6.07, 6.45) is -2.95. The Balaban J connectivity index is 5.12. The largest absolute Gasteiger partial charge is 0.466 e. The smallest absolute Gasteiger partial charge is 0.417 e. The second-order valence-corrected chi connectivity index (χ2v) is 3.28. The van der Waals surface area contributed by atoms with Crippen molar-refractivity contribution in [3.63, 3.8) is 0 Å². The van der Waals surface area contributed by atoms with Gasteiger partial charge < -0.3 is 4.74 Å². The van der Waals surface area contributed by atoms with Crippen molar-refractivity contribution in [1.29, 1.82) is 0 Å². The van der Waals surface area contributed by atoms with Crippen LogP contribution in [0, 0.1) is 0 Å². The van der Waals surface area contributed by atoms with Crippen LogP contribution in [0.2, 0.25) is 0 Å². The molecule has 0 bridgehead atoms. The fourth-order valence-electron chi connectivity index (χ4n) is 0.776. The van der Waals surface area contributed by atoms with Crippen molar-refractivity contribution in [1.82, 2.24) is 0 Å². The number of carbonyl (C=O) groups is 1.